The van der Waals surface area contributed by atoms with Gasteiger partial charge in [-0.1, -0.05) is 35.9 Å². The Hall–Kier alpha value is -2.09. The van der Waals surface area contributed by atoms with Gasteiger partial charge in [0.15, 0.2) is 0 Å². The van der Waals surface area contributed by atoms with Gasteiger partial charge in [-0.2, -0.15) is 0 Å². The first kappa shape index (κ1) is 20.6. The molecule has 1 heterocycles. The zero-order chi connectivity index (χ0) is 20.1. The molecular formula is C21H20BrNO4S. The van der Waals surface area contributed by atoms with Crippen molar-refractivity contribution < 1.29 is 19.1 Å². The number of aryl methyl sites for hydroxylation is 1. The van der Waals surface area contributed by atoms with Crippen molar-refractivity contribution in [2.75, 3.05) is 20.3 Å². The number of nitrogens with zero attached hydrogens (tertiary/aromatic N) is 1. The lowest BCUT2D eigenvalue weighted by Gasteiger charge is -2.11. The van der Waals surface area contributed by atoms with E-state index in [0.717, 1.165) is 27.4 Å². The number of hydrogen-bond acceptors (Lipinski definition) is 5. The summed E-state index contributed by atoms with van der Waals surface area (Å²) in [4.78, 5) is 26.0. The topological polar surface area (TPSA) is 55.8 Å². The van der Waals surface area contributed by atoms with E-state index in [9.17, 15) is 9.59 Å². The van der Waals surface area contributed by atoms with Crippen molar-refractivity contribution in [1.29, 1.82) is 0 Å². The van der Waals surface area contributed by atoms with Crippen LogP contribution in [-0.2, 0) is 16.1 Å². The van der Waals surface area contributed by atoms with Gasteiger partial charge in [-0.3, -0.25) is 14.5 Å². The second-order valence-electron chi connectivity index (χ2n) is 6.29. The molecule has 0 unspecified atom stereocenters. The fourth-order valence-electron chi connectivity index (χ4n) is 2.60. The average molecular weight is 462 g/mol. The van der Waals surface area contributed by atoms with Crippen LogP contribution < -0.4 is 4.74 Å². The van der Waals surface area contributed by atoms with Crippen LogP contribution in [0.3, 0.4) is 0 Å². The van der Waals surface area contributed by atoms with Crippen LogP contribution in [0.5, 0.6) is 5.75 Å². The molecular weight excluding hydrogens is 442 g/mol. The van der Waals surface area contributed by atoms with Gasteiger partial charge in [0.05, 0.1) is 22.5 Å². The number of carbonyl (C=O) groups is 2. The second-order valence-corrected chi connectivity index (χ2v) is 8.14. The molecule has 0 radical (unpaired) electrons. The summed E-state index contributed by atoms with van der Waals surface area (Å²) in [5.41, 5.74) is 3.11. The van der Waals surface area contributed by atoms with Crippen molar-refractivity contribution in [1.82, 2.24) is 4.90 Å². The lowest BCUT2D eigenvalue weighted by atomic mass is 10.1. The fourth-order valence-corrected chi connectivity index (χ4v) is 3.97. The number of rotatable bonds is 7. The molecule has 1 aliphatic heterocycles. The SMILES string of the molecule is COCCN1C(=O)S/C(=C/c2ccc(OCc3ccc(C)cc3)c(Br)c2)C1=O. The number of halogens is 1. The van der Waals surface area contributed by atoms with Crippen molar-refractivity contribution in [2.24, 2.45) is 0 Å². The van der Waals surface area contributed by atoms with E-state index >= 15 is 0 Å². The molecule has 0 saturated carbocycles. The number of carbonyl (C=O) groups excluding carboxylic acids is 2. The summed E-state index contributed by atoms with van der Waals surface area (Å²) in [7, 11) is 1.54. The van der Waals surface area contributed by atoms with E-state index in [2.05, 4.69) is 28.1 Å². The predicted molar refractivity (Wildman–Crippen MR) is 114 cm³/mol. The van der Waals surface area contributed by atoms with Gasteiger partial charge in [-0.25, -0.2) is 0 Å². The van der Waals surface area contributed by atoms with E-state index in [1.165, 1.54) is 17.6 Å². The van der Waals surface area contributed by atoms with E-state index in [-0.39, 0.29) is 17.7 Å². The van der Waals surface area contributed by atoms with Gasteiger partial charge in [0.1, 0.15) is 12.4 Å². The van der Waals surface area contributed by atoms with Crippen molar-refractivity contribution in [3.63, 3.8) is 0 Å². The molecule has 0 aromatic heterocycles. The summed E-state index contributed by atoms with van der Waals surface area (Å²) < 4.78 is 11.6. The Morgan fingerprint density at radius 2 is 1.89 bits per heavy atom. The molecule has 1 fully saturated rings. The van der Waals surface area contributed by atoms with Gasteiger partial charge in [0.25, 0.3) is 11.1 Å². The highest BCUT2D eigenvalue weighted by Gasteiger charge is 2.34. The summed E-state index contributed by atoms with van der Waals surface area (Å²) in [5, 5.41) is -0.273. The smallest absolute Gasteiger partial charge is 0.293 e. The van der Waals surface area contributed by atoms with Gasteiger partial charge in [0, 0.05) is 7.11 Å². The largest absolute Gasteiger partial charge is 0.488 e. The Morgan fingerprint density at radius 3 is 2.57 bits per heavy atom. The number of ether oxygens (including phenoxy) is 2. The number of amides is 2. The predicted octanol–water partition coefficient (Wildman–Crippen LogP) is 5.02. The summed E-state index contributed by atoms with van der Waals surface area (Å²) >= 11 is 4.46. The maximum atomic E-state index is 12.4. The van der Waals surface area contributed by atoms with Crippen LogP contribution >= 0.6 is 27.7 Å². The van der Waals surface area contributed by atoms with Crippen LogP contribution in [0.1, 0.15) is 16.7 Å². The minimum Gasteiger partial charge on any atom is -0.488 e. The summed E-state index contributed by atoms with van der Waals surface area (Å²) in [5.74, 6) is 0.425. The Morgan fingerprint density at radius 1 is 1.14 bits per heavy atom. The first-order chi connectivity index (χ1) is 13.5. The first-order valence-electron chi connectivity index (χ1n) is 8.70. The van der Waals surface area contributed by atoms with Crippen LogP contribution in [0.25, 0.3) is 6.08 Å². The Labute approximate surface area is 176 Å². The molecule has 0 atom stereocenters. The van der Waals surface area contributed by atoms with Crippen LogP contribution in [0.4, 0.5) is 4.79 Å². The number of imide groups is 1. The van der Waals surface area contributed by atoms with Crippen LogP contribution in [-0.4, -0.2) is 36.3 Å². The Balaban J connectivity index is 1.68. The van der Waals surface area contributed by atoms with E-state index in [1.54, 1.807) is 6.08 Å². The Bertz CT molecular complexity index is 911. The number of thioether (sulfide) groups is 1. The average Bonchev–Trinajstić information content (AvgIpc) is 2.94. The molecule has 7 heteroatoms. The molecule has 28 heavy (non-hydrogen) atoms. The highest BCUT2D eigenvalue weighted by atomic mass is 79.9. The van der Waals surface area contributed by atoms with Crippen molar-refractivity contribution >= 4 is 44.9 Å². The molecule has 0 aliphatic carbocycles. The summed E-state index contributed by atoms with van der Waals surface area (Å²) in [6.07, 6.45) is 1.71. The zero-order valence-corrected chi connectivity index (χ0v) is 18.0. The standard InChI is InChI=1S/C21H20BrNO4S/c1-14-3-5-15(6-4-14)13-27-18-8-7-16(11-17(18)22)12-19-20(24)23(9-10-26-2)21(25)28-19/h3-8,11-12H,9-10,13H2,1-2H3/b19-12+. The van der Waals surface area contributed by atoms with E-state index < -0.39 is 0 Å². The third kappa shape index (κ3) is 5.04. The monoisotopic (exact) mass is 461 g/mol. The lowest BCUT2D eigenvalue weighted by Crippen LogP contribution is -2.31. The lowest BCUT2D eigenvalue weighted by molar-refractivity contribution is -0.123. The van der Waals surface area contributed by atoms with Crippen LogP contribution in [0.15, 0.2) is 51.8 Å². The van der Waals surface area contributed by atoms with Gasteiger partial charge in [-0.15, -0.1) is 0 Å². The summed E-state index contributed by atoms with van der Waals surface area (Å²) in [6, 6.07) is 13.8. The molecule has 0 bridgehead atoms. The van der Waals surface area contributed by atoms with Gasteiger partial charge in [0.2, 0.25) is 0 Å². The number of methoxy groups -OCH3 is 1. The molecule has 146 valence electrons. The minimum atomic E-state index is -0.289. The first-order valence-corrected chi connectivity index (χ1v) is 10.3. The van der Waals surface area contributed by atoms with Gasteiger partial charge >= 0.3 is 0 Å². The molecule has 2 amide bonds. The maximum absolute atomic E-state index is 12.4. The molecule has 0 N–H and O–H groups in total. The molecule has 1 saturated heterocycles. The fraction of sp³-hybridized carbons (Fsp3) is 0.238. The van der Waals surface area contributed by atoms with Crippen LogP contribution in [0.2, 0.25) is 0 Å². The third-order valence-corrected chi connectivity index (χ3v) is 5.69. The molecule has 2 aromatic rings. The third-order valence-electron chi connectivity index (χ3n) is 4.16. The van der Waals surface area contributed by atoms with Crippen molar-refractivity contribution in [2.45, 2.75) is 13.5 Å². The molecule has 5 nitrogen and oxygen atoms in total. The molecule has 1 aliphatic rings. The van der Waals surface area contributed by atoms with E-state index in [0.29, 0.717) is 23.9 Å². The van der Waals surface area contributed by atoms with Gasteiger partial charge < -0.3 is 9.47 Å². The highest BCUT2D eigenvalue weighted by molar-refractivity contribution is 9.10. The quantitative estimate of drug-likeness (QED) is 0.541. The van der Waals surface area contributed by atoms with E-state index in [1.807, 2.05) is 37.3 Å². The van der Waals surface area contributed by atoms with Crippen LogP contribution in [0, 0.1) is 6.92 Å². The summed E-state index contributed by atoms with van der Waals surface area (Å²) in [6.45, 7) is 3.10. The minimum absolute atomic E-state index is 0.258. The second kappa shape index (κ2) is 9.41. The normalized spacial score (nSPS) is 15.5. The van der Waals surface area contributed by atoms with Crippen molar-refractivity contribution in [3.8, 4) is 5.75 Å². The van der Waals surface area contributed by atoms with Crippen molar-refractivity contribution in [3.05, 3.63) is 68.5 Å². The molecule has 0 spiro atoms. The zero-order valence-electron chi connectivity index (χ0n) is 15.6. The van der Waals surface area contributed by atoms with E-state index in [4.69, 9.17) is 9.47 Å². The molecule has 3 rings (SSSR count). The molecule has 2 aromatic carbocycles. The number of benzene rings is 2. The Kier molecular flexibility index (Phi) is 6.93. The number of hydrogen-bond donors (Lipinski definition) is 0. The maximum Gasteiger partial charge on any atom is 0.293 e. The van der Waals surface area contributed by atoms with Gasteiger partial charge in [-0.05, 0) is 64.0 Å². The highest BCUT2D eigenvalue weighted by Crippen LogP contribution is 2.34.